The predicted octanol–water partition coefficient (Wildman–Crippen LogP) is 1.90. The highest BCUT2D eigenvalue weighted by atomic mass is 16.5. The van der Waals surface area contributed by atoms with Gasteiger partial charge in [-0.3, -0.25) is 4.98 Å². The van der Waals surface area contributed by atoms with E-state index in [-0.39, 0.29) is 6.04 Å². The van der Waals surface area contributed by atoms with Crippen molar-refractivity contribution >= 4 is 0 Å². The molecule has 1 aliphatic heterocycles. The Morgan fingerprint density at radius 3 is 3.20 bits per heavy atom. The molecule has 1 aromatic heterocycles. The van der Waals surface area contributed by atoms with Crippen molar-refractivity contribution in [2.45, 2.75) is 25.3 Å². The first-order valence-electron chi connectivity index (χ1n) is 5.59. The third-order valence-electron chi connectivity index (χ3n) is 3.02. The Kier molecular flexibility index (Phi) is 3.69. The van der Waals surface area contributed by atoms with E-state index in [0.717, 1.165) is 31.6 Å². The molecule has 2 atom stereocenters. The van der Waals surface area contributed by atoms with Gasteiger partial charge in [0.15, 0.2) is 0 Å². The maximum atomic E-state index is 6.09. The van der Waals surface area contributed by atoms with Crippen molar-refractivity contribution in [2.24, 2.45) is 11.7 Å². The third-order valence-corrected chi connectivity index (χ3v) is 3.02. The van der Waals surface area contributed by atoms with E-state index in [1.165, 1.54) is 6.42 Å². The van der Waals surface area contributed by atoms with Crippen LogP contribution >= 0.6 is 0 Å². The third kappa shape index (κ3) is 3.01. The van der Waals surface area contributed by atoms with Gasteiger partial charge in [-0.05, 0) is 36.8 Å². The zero-order valence-corrected chi connectivity index (χ0v) is 8.93. The first kappa shape index (κ1) is 10.6. The minimum absolute atomic E-state index is 0.124. The molecule has 82 valence electrons. The first-order chi connectivity index (χ1) is 7.36. The molecule has 0 saturated carbocycles. The number of hydrogen-bond donors (Lipinski definition) is 1. The molecule has 3 nitrogen and oxygen atoms in total. The van der Waals surface area contributed by atoms with Crippen LogP contribution in [-0.2, 0) is 4.74 Å². The Morgan fingerprint density at radius 2 is 2.53 bits per heavy atom. The van der Waals surface area contributed by atoms with Crippen molar-refractivity contribution in [1.29, 1.82) is 0 Å². The smallest absolute Gasteiger partial charge is 0.0495 e. The van der Waals surface area contributed by atoms with Gasteiger partial charge in [0.2, 0.25) is 0 Å². The molecule has 3 heteroatoms. The Labute approximate surface area is 90.7 Å². The van der Waals surface area contributed by atoms with Crippen LogP contribution in [0.4, 0.5) is 0 Å². The van der Waals surface area contributed by atoms with Crippen molar-refractivity contribution in [3.05, 3.63) is 30.1 Å². The van der Waals surface area contributed by atoms with Crippen molar-refractivity contribution < 1.29 is 4.74 Å². The topological polar surface area (TPSA) is 48.1 Å². The van der Waals surface area contributed by atoms with Crippen LogP contribution in [0, 0.1) is 5.92 Å². The number of pyridine rings is 1. The summed E-state index contributed by atoms with van der Waals surface area (Å²) in [5.74, 6) is 0.715. The molecule has 2 N–H and O–H groups in total. The molecular formula is C12H18N2O. The molecule has 0 aliphatic carbocycles. The lowest BCUT2D eigenvalue weighted by Gasteiger charge is -2.13. The molecule has 15 heavy (non-hydrogen) atoms. The van der Waals surface area contributed by atoms with Crippen molar-refractivity contribution in [3.8, 4) is 0 Å². The molecule has 0 amide bonds. The van der Waals surface area contributed by atoms with Crippen LogP contribution in [0.25, 0.3) is 0 Å². The second-order valence-corrected chi connectivity index (χ2v) is 4.20. The van der Waals surface area contributed by atoms with Crippen LogP contribution in [0.15, 0.2) is 24.5 Å². The lowest BCUT2D eigenvalue weighted by molar-refractivity contribution is 0.183. The van der Waals surface area contributed by atoms with Crippen LogP contribution in [0.1, 0.15) is 30.9 Å². The molecule has 2 rings (SSSR count). The molecule has 1 aliphatic rings. The second-order valence-electron chi connectivity index (χ2n) is 4.20. The van der Waals surface area contributed by atoms with E-state index in [1.807, 2.05) is 18.3 Å². The van der Waals surface area contributed by atoms with Gasteiger partial charge < -0.3 is 10.5 Å². The Bertz CT molecular complexity index is 283. The maximum absolute atomic E-state index is 6.09. The van der Waals surface area contributed by atoms with Gasteiger partial charge in [-0.2, -0.15) is 0 Å². The average molecular weight is 206 g/mol. The van der Waals surface area contributed by atoms with Gasteiger partial charge in [0.25, 0.3) is 0 Å². The van der Waals surface area contributed by atoms with E-state index in [0.29, 0.717) is 5.92 Å². The highest BCUT2D eigenvalue weighted by molar-refractivity contribution is 5.12. The number of nitrogens with zero attached hydrogens (tertiary/aromatic N) is 1. The maximum Gasteiger partial charge on any atom is 0.0495 e. The van der Waals surface area contributed by atoms with Gasteiger partial charge >= 0.3 is 0 Å². The molecular weight excluding hydrogens is 188 g/mol. The zero-order valence-electron chi connectivity index (χ0n) is 8.93. The minimum atomic E-state index is 0.124. The molecule has 2 unspecified atom stereocenters. The van der Waals surface area contributed by atoms with Crippen molar-refractivity contribution in [1.82, 2.24) is 4.98 Å². The van der Waals surface area contributed by atoms with E-state index in [1.54, 1.807) is 6.20 Å². The van der Waals surface area contributed by atoms with Crippen molar-refractivity contribution in [3.63, 3.8) is 0 Å². The molecule has 0 aromatic carbocycles. The Balaban J connectivity index is 1.79. The number of ether oxygens (including phenoxy) is 1. The van der Waals surface area contributed by atoms with E-state index in [9.17, 15) is 0 Å². The summed E-state index contributed by atoms with van der Waals surface area (Å²) < 4.78 is 5.34. The lowest BCUT2D eigenvalue weighted by atomic mass is 9.97. The zero-order chi connectivity index (χ0) is 10.5. The van der Waals surface area contributed by atoms with Gasteiger partial charge in [0, 0.05) is 31.6 Å². The summed E-state index contributed by atoms with van der Waals surface area (Å²) in [7, 11) is 0. The van der Waals surface area contributed by atoms with E-state index in [2.05, 4.69) is 4.98 Å². The molecule has 1 saturated heterocycles. The average Bonchev–Trinajstić information content (AvgIpc) is 2.80. The molecule has 0 bridgehead atoms. The van der Waals surface area contributed by atoms with Gasteiger partial charge in [-0.25, -0.2) is 0 Å². The number of nitrogens with two attached hydrogens (primary N) is 1. The monoisotopic (exact) mass is 206 g/mol. The van der Waals surface area contributed by atoms with Crippen LogP contribution in [-0.4, -0.2) is 18.2 Å². The van der Waals surface area contributed by atoms with Gasteiger partial charge in [0.05, 0.1) is 0 Å². The van der Waals surface area contributed by atoms with Crippen molar-refractivity contribution in [2.75, 3.05) is 13.2 Å². The highest BCUT2D eigenvalue weighted by Gasteiger charge is 2.17. The molecule has 1 fully saturated rings. The Hall–Kier alpha value is -0.930. The number of rotatable bonds is 4. The fourth-order valence-corrected chi connectivity index (χ4v) is 1.99. The number of hydrogen-bond acceptors (Lipinski definition) is 3. The summed E-state index contributed by atoms with van der Waals surface area (Å²) in [6.45, 7) is 1.84. The van der Waals surface area contributed by atoms with Crippen LogP contribution in [0.2, 0.25) is 0 Å². The van der Waals surface area contributed by atoms with Gasteiger partial charge in [0.1, 0.15) is 0 Å². The summed E-state index contributed by atoms with van der Waals surface area (Å²) in [5, 5.41) is 0. The fraction of sp³-hybridized carbons (Fsp3) is 0.583. The van der Waals surface area contributed by atoms with Crippen LogP contribution in [0.5, 0.6) is 0 Å². The van der Waals surface area contributed by atoms with E-state index >= 15 is 0 Å². The fourth-order valence-electron chi connectivity index (χ4n) is 1.99. The molecule has 1 aromatic rings. The second kappa shape index (κ2) is 5.24. The highest BCUT2D eigenvalue weighted by Crippen LogP contribution is 2.22. The lowest BCUT2D eigenvalue weighted by Crippen LogP contribution is -2.12. The molecule has 0 spiro atoms. The summed E-state index contributed by atoms with van der Waals surface area (Å²) in [6.07, 6.45) is 7.02. The summed E-state index contributed by atoms with van der Waals surface area (Å²) in [5.41, 5.74) is 7.23. The van der Waals surface area contributed by atoms with Gasteiger partial charge in [-0.1, -0.05) is 6.07 Å². The summed E-state index contributed by atoms with van der Waals surface area (Å²) in [4.78, 5) is 4.08. The first-order valence-corrected chi connectivity index (χ1v) is 5.59. The largest absolute Gasteiger partial charge is 0.381 e. The van der Waals surface area contributed by atoms with Crippen LogP contribution < -0.4 is 5.73 Å². The Morgan fingerprint density at radius 1 is 1.60 bits per heavy atom. The summed E-state index contributed by atoms with van der Waals surface area (Å²) >= 11 is 0. The molecule has 2 heterocycles. The molecule has 0 radical (unpaired) electrons. The number of aromatic nitrogens is 1. The van der Waals surface area contributed by atoms with Crippen LogP contribution in [0.3, 0.4) is 0 Å². The standard InChI is InChI=1S/C12H18N2O/c13-12(11-2-1-6-14-8-11)4-3-10-5-7-15-9-10/h1-2,6,8,10,12H,3-5,7,9,13H2. The van der Waals surface area contributed by atoms with Gasteiger partial charge in [-0.15, -0.1) is 0 Å². The quantitative estimate of drug-likeness (QED) is 0.818. The minimum Gasteiger partial charge on any atom is -0.381 e. The normalized spacial score (nSPS) is 22.9. The van der Waals surface area contributed by atoms with E-state index in [4.69, 9.17) is 10.5 Å². The van der Waals surface area contributed by atoms with E-state index < -0.39 is 0 Å². The predicted molar refractivity (Wildman–Crippen MR) is 59.3 cm³/mol. The SMILES string of the molecule is NC(CCC1CCOC1)c1cccnc1. The summed E-state index contributed by atoms with van der Waals surface area (Å²) in [6, 6.07) is 4.11.